The van der Waals surface area contributed by atoms with Gasteiger partial charge in [0.25, 0.3) is 0 Å². The maximum atomic E-state index is 11.2. The molecule has 0 bridgehead atoms. The molecular formula is C16H22O3. The molecule has 104 valence electrons. The first kappa shape index (κ1) is 15.4. The summed E-state index contributed by atoms with van der Waals surface area (Å²) in [4.78, 5) is 11.2. The van der Waals surface area contributed by atoms with Crippen molar-refractivity contribution in [3.8, 4) is 0 Å². The average molecular weight is 262 g/mol. The van der Waals surface area contributed by atoms with Crippen molar-refractivity contribution in [3.63, 3.8) is 0 Å². The minimum atomic E-state index is -0.456. The first-order valence-corrected chi connectivity index (χ1v) is 6.66. The van der Waals surface area contributed by atoms with E-state index in [1.807, 2.05) is 30.3 Å². The minimum absolute atomic E-state index is 0.191. The van der Waals surface area contributed by atoms with Gasteiger partial charge in [-0.25, -0.2) is 0 Å². The highest BCUT2D eigenvalue weighted by Crippen LogP contribution is 2.13. The summed E-state index contributed by atoms with van der Waals surface area (Å²) in [6.45, 7) is 5.96. The third-order valence-corrected chi connectivity index (χ3v) is 2.83. The van der Waals surface area contributed by atoms with Crippen molar-refractivity contribution in [1.82, 2.24) is 0 Å². The summed E-state index contributed by atoms with van der Waals surface area (Å²) in [7, 11) is 0. The fraction of sp³-hybridized carbons (Fsp3) is 0.438. The normalized spacial score (nSPS) is 11.9. The lowest BCUT2D eigenvalue weighted by Gasteiger charge is -2.12. The number of esters is 1. The van der Waals surface area contributed by atoms with E-state index in [1.54, 1.807) is 6.92 Å². The SMILES string of the molecule is C=C(CC(=O)OCC)C[C@H](O)CCc1ccccc1. The Balaban J connectivity index is 2.25. The molecule has 0 aromatic heterocycles. The maximum Gasteiger partial charge on any atom is 0.309 e. The molecule has 0 radical (unpaired) electrons. The van der Waals surface area contributed by atoms with Crippen LogP contribution in [0.2, 0.25) is 0 Å². The zero-order chi connectivity index (χ0) is 14.1. The summed E-state index contributed by atoms with van der Waals surface area (Å²) < 4.78 is 4.84. The molecule has 1 aromatic carbocycles. The van der Waals surface area contributed by atoms with Gasteiger partial charge in [0.05, 0.1) is 19.1 Å². The number of carbonyl (C=O) groups is 1. The molecule has 1 aromatic rings. The van der Waals surface area contributed by atoms with E-state index in [4.69, 9.17) is 4.74 Å². The van der Waals surface area contributed by atoms with Gasteiger partial charge in [-0.2, -0.15) is 0 Å². The Kier molecular flexibility index (Phi) is 6.90. The molecule has 0 saturated carbocycles. The van der Waals surface area contributed by atoms with Gasteiger partial charge < -0.3 is 9.84 Å². The van der Waals surface area contributed by atoms with E-state index >= 15 is 0 Å². The van der Waals surface area contributed by atoms with E-state index in [0.29, 0.717) is 19.4 Å². The molecule has 0 saturated heterocycles. The molecule has 1 N–H and O–H groups in total. The number of ether oxygens (including phenoxy) is 1. The van der Waals surface area contributed by atoms with E-state index in [0.717, 1.165) is 12.0 Å². The molecule has 0 aliphatic heterocycles. The van der Waals surface area contributed by atoms with Crippen molar-refractivity contribution in [2.24, 2.45) is 0 Å². The van der Waals surface area contributed by atoms with Gasteiger partial charge in [-0.3, -0.25) is 4.79 Å². The van der Waals surface area contributed by atoms with Crippen LogP contribution in [0.5, 0.6) is 0 Å². The second-order valence-electron chi connectivity index (χ2n) is 4.61. The quantitative estimate of drug-likeness (QED) is 0.579. The molecule has 0 spiro atoms. The second kappa shape index (κ2) is 8.48. The van der Waals surface area contributed by atoms with Gasteiger partial charge in [-0.1, -0.05) is 42.5 Å². The maximum absolute atomic E-state index is 11.2. The van der Waals surface area contributed by atoms with Crippen molar-refractivity contribution in [3.05, 3.63) is 48.0 Å². The number of rotatable bonds is 8. The van der Waals surface area contributed by atoms with Gasteiger partial charge >= 0.3 is 5.97 Å². The third-order valence-electron chi connectivity index (χ3n) is 2.83. The number of benzene rings is 1. The fourth-order valence-electron chi connectivity index (χ4n) is 1.90. The largest absolute Gasteiger partial charge is 0.466 e. The summed E-state index contributed by atoms with van der Waals surface area (Å²) in [6, 6.07) is 10.0. The van der Waals surface area contributed by atoms with Crippen LogP contribution in [0, 0.1) is 0 Å². The van der Waals surface area contributed by atoms with Crippen molar-refractivity contribution in [2.75, 3.05) is 6.61 Å². The number of hydrogen-bond donors (Lipinski definition) is 1. The topological polar surface area (TPSA) is 46.5 Å². The molecule has 3 heteroatoms. The molecule has 0 amide bonds. The molecule has 1 atom stereocenters. The number of carbonyl (C=O) groups excluding carboxylic acids is 1. The van der Waals surface area contributed by atoms with Crippen LogP contribution in [0.15, 0.2) is 42.5 Å². The highest BCUT2D eigenvalue weighted by molar-refractivity contribution is 5.72. The summed E-state index contributed by atoms with van der Waals surface area (Å²) in [6.07, 6.45) is 1.68. The molecule has 1 rings (SSSR count). The van der Waals surface area contributed by atoms with Crippen LogP contribution in [0.25, 0.3) is 0 Å². The van der Waals surface area contributed by atoms with Crippen molar-refractivity contribution < 1.29 is 14.6 Å². The molecule has 0 aliphatic carbocycles. The lowest BCUT2D eigenvalue weighted by molar-refractivity contribution is -0.142. The smallest absolute Gasteiger partial charge is 0.309 e. The van der Waals surface area contributed by atoms with Crippen LogP contribution < -0.4 is 0 Å². The van der Waals surface area contributed by atoms with Crippen LogP contribution in [-0.4, -0.2) is 23.8 Å². The Hall–Kier alpha value is -1.61. The van der Waals surface area contributed by atoms with Gasteiger partial charge in [0.2, 0.25) is 0 Å². The molecular weight excluding hydrogens is 240 g/mol. The number of aliphatic hydroxyl groups is 1. The van der Waals surface area contributed by atoms with Gasteiger partial charge in [-0.15, -0.1) is 0 Å². The monoisotopic (exact) mass is 262 g/mol. The Labute approximate surface area is 114 Å². The Bertz CT molecular complexity index is 398. The zero-order valence-electron chi connectivity index (χ0n) is 11.5. The summed E-state index contributed by atoms with van der Waals surface area (Å²) in [5.74, 6) is -0.275. The summed E-state index contributed by atoms with van der Waals surface area (Å²) in [5.41, 5.74) is 1.93. The van der Waals surface area contributed by atoms with E-state index < -0.39 is 6.10 Å². The Morgan fingerprint density at radius 1 is 1.37 bits per heavy atom. The van der Waals surface area contributed by atoms with Crippen LogP contribution in [-0.2, 0) is 16.0 Å². The van der Waals surface area contributed by atoms with Crippen molar-refractivity contribution in [2.45, 2.75) is 38.7 Å². The average Bonchev–Trinajstić information content (AvgIpc) is 2.37. The van der Waals surface area contributed by atoms with Gasteiger partial charge in [-0.05, 0) is 31.7 Å². The van der Waals surface area contributed by atoms with Crippen LogP contribution in [0.4, 0.5) is 0 Å². The Morgan fingerprint density at radius 3 is 2.68 bits per heavy atom. The molecule has 3 nitrogen and oxygen atoms in total. The summed E-state index contributed by atoms with van der Waals surface area (Å²) in [5, 5.41) is 9.91. The second-order valence-corrected chi connectivity index (χ2v) is 4.61. The molecule has 0 fully saturated rings. The minimum Gasteiger partial charge on any atom is -0.466 e. The fourth-order valence-corrected chi connectivity index (χ4v) is 1.90. The van der Waals surface area contributed by atoms with E-state index in [1.165, 1.54) is 5.56 Å². The van der Waals surface area contributed by atoms with E-state index in [-0.39, 0.29) is 12.4 Å². The van der Waals surface area contributed by atoms with Gasteiger partial charge in [0.15, 0.2) is 0 Å². The molecule has 0 heterocycles. The van der Waals surface area contributed by atoms with Crippen LogP contribution >= 0.6 is 0 Å². The predicted molar refractivity (Wildman–Crippen MR) is 75.8 cm³/mol. The van der Waals surface area contributed by atoms with E-state index in [2.05, 4.69) is 6.58 Å². The number of hydrogen-bond acceptors (Lipinski definition) is 3. The zero-order valence-corrected chi connectivity index (χ0v) is 11.5. The lowest BCUT2D eigenvalue weighted by Crippen LogP contribution is -2.12. The van der Waals surface area contributed by atoms with Gasteiger partial charge in [0.1, 0.15) is 0 Å². The molecule has 0 aliphatic rings. The van der Waals surface area contributed by atoms with Crippen molar-refractivity contribution in [1.29, 1.82) is 0 Å². The number of aryl methyl sites for hydroxylation is 1. The first-order chi connectivity index (χ1) is 9.11. The number of aliphatic hydroxyl groups excluding tert-OH is 1. The Morgan fingerprint density at radius 2 is 2.05 bits per heavy atom. The molecule has 0 unspecified atom stereocenters. The molecule has 19 heavy (non-hydrogen) atoms. The highest BCUT2D eigenvalue weighted by atomic mass is 16.5. The summed E-state index contributed by atoms with van der Waals surface area (Å²) >= 11 is 0. The standard InChI is InChI=1S/C16H22O3/c1-3-19-16(18)12-13(2)11-15(17)10-9-14-7-5-4-6-8-14/h4-8,15,17H,2-3,9-12H2,1H3/t15-/m1/s1. The van der Waals surface area contributed by atoms with Gasteiger partial charge in [0, 0.05) is 0 Å². The highest BCUT2D eigenvalue weighted by Gasteiger charge is 2.10. The predicted octanol–water partition coefficient (Wildman–Crippen LogP) is 2.88. The van der Waals surface area contributed by atoms with E-state index in [9.17, 15) is 9.90 Å². The lowest BCUT2D eigenvalue weighted by atomic mass is 10.0. The van der Waals surface area contributed by atoms with Crippen LogP contribution in [0.1, 0.15) is 31.7 Å². The third kappa shape index (κ3) is 6.77. The van der Waals surface area contributed by atoms with Crippen LogP contribution in [0.3, 0.4) is 0 Å². The van der Waals surface area contributed by atoms with Crippen molar-refractivity contribution >= 4 is 5.97 Å². The first-order valence-electron chi connectivity index (χ1n) is 6.66.